The SMILES string of the molecule is COc1ccc2c(c1)[C@@](O)(CC(=O)c1ccc(-c3ccc(Cl)cc3)o1)C(=O)N2. The van der Waals surface area contributed by atoms with E-state index in [1.54, 1.807) is 48.5 Å². The van der Waals surface area contributed by atoms with Crippen molar-refractivity contribution >= 4 is 29.0 Å². The van der Waals surface area contributed by atoms with Gasteiger partial charge >= 0.3 is 0 Å². The summed E-state index contributed by atoms with van der Waals surface area (Å²) in [4.78, 5) is 25.1. The summed E-state index contributed by atoms with van der Waals surface area (Å²) in [5, 5.41) is 14.2. The molecule has 1 aliphatic heterocycles. The lowest BCUT2D eigenvalue weighted by molar-refractivity contribution is -0.133. The number of fused-ring (bicyclic) bond motifs is 1. The Morgan fingerprint density at radius 2 is 1.93 bits per heavy atom. The van der Waals surface area contributed by atoms with E-state index in [0.29, 0.717) is 27.8 Å². The predicted octanol–water partition coefficient (Wildman–Crippen LogP) is 4.02. The Morgan fingerprint density at radius 1 is 1.18 bits per heavy atom. The van der Waals surface area contributed by atoms with Crippen molar-refractivity contribution < 1.29 is 23.8 Å². The summed E-state index contributed by atoms with van der Waals surface area (Å²) in [6.07, 6.45) is -0.452. The van der Waals surface area contributed by atoms with Gasteiger partial charge in [-0.15, -0.1) is 0 Å². The molecule has 0 unspecified atom stereocenters. The zero-order chi connectivity index (χ0) is 19.9. The van der Waals surface area contributed by atoms with Crippen molar-refractivity contribution in [2.75, 3.05) is 12.4 Å². The number of benzene rings is 2. The summed E-state index contributed by atoms with van der Waals surface area (Å²) in [5.41, 5.74) is -0.485. The van der Waals surface area contributed by atoms with Gasteiger partial charge in [-0.1, -0.05) is 11.6 Å². The van der Waals surface area contributed by atoms with E-state index in [0.717, 1.165) is 5.56 Å². The van der Waals surface area contributed by atoms with Crippen LogP contribution in [0.4, 0.5) is 5.69 Å². The third-order valence-corrected chi connectivity index (χ3v) is 4.97. The molecule has 6 nitrogen and oxygen atoms in total. The van der Waals surface area contributed by atoms with Crippen LogP contribution in [0, 0.1) is 0 Å². The number of rotatable bonds is 5. The molecule has 0 spiro atoms. The van der Waals surface area contributed by atoms with E-state index in [1.165, 1.54) is 13.2 Å². The molecule has 2 N–H and O–H groups in total. The monoisotopic (exact) mass is 397 g/mol. The molecule has 2 aromatic carbocycles. The van der Waals surface area contributed by atoms with Crippen LogP contribution in [0.15, 0.2) is 59.0 Å². The average Bonchev–Trinajstić information content (AvgIpc) is 3.27. The molecule has 1 aromatic heterocycles. The molecule has 3 aromatic rings. The first kappa shape index (κ1) is 18.3. The minimum absolute atomic E-state index is 0.0579. The molecule has 0 saturated carbocycles. The van der Waals surface area contributed by atoms with Crippen LogP contribution in [0.1, 0.15) is 22.5 Å². The quantitative estimate of drug-likeness (QED) is 0.635. The Kier molecular flexibility index (Phi) is 4.45. The number of ketones is 1. The standard InChI is InChI=1S/C21H16ClNO5/c1-27-14-6-7-16-15(10-14)21(26,20(25)23-16)11-17(24)19-9-8-18(28-19)12-2-4-13(22)5-3-12/h2-10,26H,11H2,1H3,(H,23,25)/t21-/m0/s1. The van der Waals surface area contributed by atoms with Gasteiger partial charge in [-0.3, -0.25) is 9.59 Å². The van der Waals surface area contributed by atoms with Gasteiger partial charge in [0.15, 0.2) is 11.4 Å². The number of Topliss-reactive ketones (excluding diaryl/α,β-unsaturated/α-hetero) is 1. The molecule has 0 bridgehead atoms. The molecule has 28 heavy (non-hydrogen) atoms. The molecule has 1 aliphatic rings. The number of halogens is 1. The maximum atomic E-state index is 12.7. The first-order valence-corrected chi connectivity index (χ1v) is 8.90. The van der Waals surface area contributed by atoms with E-state index in [2.05, 4.69) is 5.32 Å². The number of carbonyl (C=O) groups excluding carboxylic acids is 2. The topological polar surface area (TPSA) is 88.8 Å². The van der Waals surface area contributed by atoms with Crippen molar-refractivity contribution in [1.29, 1.82) is 0 Å². The number of nitrogens with one attached hydrogen (secondary N) is 1. The number of carbonyl (C=O) groups is 2. The highest BCUT2D eigenvalue weighted by Crippen LogP contribution is 2.41. The fraction of sp³-hybridized carbons (Fsp3) is 0.143. The number of amides is 1. The minimum Gasteiger partial charge on any atom is -0.497 e. The normalized spacial score (nSPS) is 17.9. The van der Waals surface area contributed by atoms with Gasteiger partial charge in [0.1, 0.15) is 11.5 Å². The van der Waals surface area contributed by atoms with Gasteiger partial charge in [0.2, 0.25) is 5.78 Å². The van der Waals surface area contributed by atoms with Crippen LogP contribution < -0.4 is 10.1 Å². The smallest absolute Gasteiger partial charge is 0.261 e. The molecular weight excluding hydrogens is 382 g/mol. The van der Waals surface area contributed by atoms with Crippen LogP contribution in [0.5, 0.6) is 5.75 Å². The van der Waals surface area contributed by atoms with Crippen LogP contribution in [-0.2, 0) is 10.4 Å². The summed E-state index contributed by atoms with van der Waals surface area (Å²) in [5.74, 6) is -0.126. The molecule has 0 saturated heterocycles. The van der Waals surface area contributed by atoms with Crippen molar-refractivity contribution in [2.24, 2.45) is 0 Å². The summed E-state index contributed by atoms with van der Waals surface area (Å²) in [6.45, 7) is 0. The van der Waals surface area contributed by atoms with Crippen LogP contribution in [-0.4, -0.2) is 23.9 Å². The van der Waals surface area contributed by atoms with Gasteiger partial charge in [-0.25, -0.2) is 0 Å². The molecule has 0 radical (unpaired) electrons. The van der Waals surface area contributed by atoms with Gasteiger partial charge < -0.3 is 19.6 Å². The van der Waals surface area contributed by atoms with Crippen LogP contribution in [0.3, 0.4) is 0 Å². The van der Waals surface area contributed by atoms with E-state index in [4.69, 9.17) is 20.8 Å². The van der Waals surface area contributed by atoms with Gasteiger partial charge in [-0.2, -0.15) is 0 Å². The summed E-state index contributed by atoms with van der Waals surface area (Å²) < 4.78 is 10.8. The highest BCUT2D eigenvalue weighted by Gasteiger charge is 2.47. The van der Waals surface area contributed by atoms with Gasteiger partial charge in [0.05, 0.1) is 13.5 Å². The Labute approximate surface area is 165 Å². The number of aliphatic hydroxyl groups is 1. The number of methoxy groups -OCH3 is 1. The number of ether oxygens (including phenoxy) is 1. The number of anilines is 1. The molecular formula is C21H16ClNO5. The number of furan rings is 1. The Morgan fingerprint density at radius 3 is 2.64 bits per heavy atom. The highest BCUT2D eigenvalue weighted by molar-refractivity contribution is 6.30. The number of hydrogen-bond donors (Lipinski definition) is 2. The van der Waals surface area contributed by atoms with Gasteiger partial charge in [0, 0.05) is 21.8 Å². The van der Waals surface area contributed by atoms with Crippen molar-refractivity contribution in [3.8, 4) is 17.1 Å². The minimum atomic E-state index is -1.99. The Balaban J connectivity index is 1.61. The van der Waals surface area contributed by atoms with E-state index in [9.17, 15) is 14.7 Å². The molecule has 1 atom stereocenters. The average molecular weight is 398 g/mol. The lowest BCUT2D eigenvalue weighted by Crippen LogP contribution is -2.36. The third-order valence-electron chi connectivity index (χ3n) is 4.72. The lowest BCUT2D eigenvalue weighted by Gasteiger charge is -2.19. The fourth-order valence-corrected chi connectivity index (χ4v) is 3.33. The van der Waals surface area contributed by atoms with Crippen molar-refractivity contribution in [3.05, 3.63) is 70.9 Å². The van der Waals surface area contributed by atoms with Gasteiger partial charge in [-0.05, 0) is 54.6 Å². The van der Waals surface area contributed by atoms with Crippen LogP contribution in [0.25, 0.3) is 11.3 Å². The van der Waals surface area contributed by atoms with Crippen LogP contribution >= 0.6 is 11.6 Å². The predicted molar refractivity (Wildman–Crippen MR) is 104 cm³/mol. The summed E-state index contributed by atoms with van der Waals surface area (Å²) in [7, 11) is 1.48. The van der Waals surface area contributed by atoms with E-state index in [-0.39, 0.29) is 5.76 Å². The van der Waals surface area contributed by atoms with E-state index >= 15 is 0 Å². The Hall–Kier alpha value is -3.09. The number of hydrogen-bond acceptors (Lipinski definition) is 5. The van der Waals surface area contributed by atoms with E-state index < -0.39 is 23.7 Å². The second-order valence-electron chi connectivity index (χ2n) is 6.50. The molecule has 0 fully saturated rings. The zero-order valence-electron chi connectivity index (χ0n) is 14.9. The second-order valence-corrected chi connectivity index (χ2v) is 6.93. The molecule has 0 aliphatic carbocycles. The molecule has 142 valence electrons. The highest BCUT2D eigenvalue weighted by atomic mass is 35.5. The summed E-state index contributed by atoms with van der Waals surface area (Å²) in [6, 6.07) is 15.0. The molecule has 4 rings (SSSR count). The summed E-state index contributed by atoms with van der Waals surface area (Å²) >= 11 is 5.88. The molecule has 2 heterocycles. The maximum absolute atomic E-state index is 12.7. The van der Waals surface area contributed by atoms with Crippen molar-refractivity contribution in [2.45, 2.75) is 12.0 Å². The van der Waals surface area contributed by atoms with E-state index in [1.807, 2.05) is 0 Å². The first-order valence-electron chi connectivity index (χ1n) is 8.52. The third kappa shape index (κ3) is 3.06. The van der Waals surface area contributed by atoms with Crippen molar-refractivity contribution in [1.82, 2.24) is 0 Å². The first-order chi connectivity index (χ1) is 13.4. The lowest BCUT2D eigenvalue weighted by atomic mass is 9.89. The van der Waals surface area contributed by atoms with Gasteiger partial charge in [0.25, 0.3) is 5.91 Å². The Bertz CT molecular complexity index is 1070. The molecule has 7 heteroatoms. The van der Waals surface area contributed by atoms with Crippen LogP contribution in [0.2, 0.25) is 5.02 Å². The largest absolute Gasteiger partial charge is 0.497 e. The maximum Gasteiger partial charge on any atom is 0.261 e. The zero-order valence-corrected chi connectivity index (χ0v) is 15.6. The molecule has 1 amide bonds. The fourth-order valence-electron chi connectivity index (χ4n) is 3.20. The van der Waals surface area contributed by atoms with Crippen molar-refractivity contribution in [3.63, 3.8) is 0 Å². The second kappa shape index (κ2) is 6.82.